The molecular formula is C16H15NO. The van der Waals surface area contributed by atoms with Gasteiger partial charge < -0.3 is 4.74 Å². The maximum atomic E-state index is 8.72. The van der Waals surface area contributed by atoms with Crippen molar-refractivity contribution in [1.82, 2.24) is 0 Å². The van der Waals surface area contributed by atoms with Crippen molar-refractivity contribution in [1.29, 1.82) is 5.26 Å². The van der Waals surface area contributed by atoms with Crippen LogP contribution in [0.15, 0.2) is 42.5 Å². The van der Waals surface area contributed by atoms with Crippen LogP contribution in [0.25, 0.3) is 11.1 Å². The molecule has 0 heterocycles. The standard InChI is InChI=1S/C16H15NO/c1-12-5-3-4-6-14(12)15-8-7-13(9-10-17)11-16(15)18-2/h3-8,11H,9H2,1-2H3. The van der Waals surface area contributed by atoms with Crippen LogP contribution in [0.3, 0.4) is 0 Å². The van der Waals surface area contributed by atoms with Gasteiger partial charge in [-0.25, -0.2) is 0 Å². The number of ether oxygens (including phenoxy) is 1. The maximum Gasteiger partial charge on any atom is 0.127 e. The van der Waals surface area contributed by atoms with E-state index >= 15 is 0 Å². The second-order valence-corrected chi connectivity index (χ2v) is 4.18. The van der Waals surface area contributed by atoms with Gasteiger partial charge in [0, 0.05) is 5.56 Å². The van der Waals surface area contributed by atoms with Gasteiger partial charge in [-0.05, 0) is 29.7 Å². The van der Waals surface area contributed by atoms with E-state index in [9.17, 15) is 0 Å². The molecule has 2 aromatic rings. The smallest absolute Gasteiger partial charge is 0.127 e. The lowest BCUT2D eigenvalue weighted by atomic mass is 9.98. The topological polar surface area (TPSA) is 33.0 Å². The Bertz CT molecular complexity index is 596. The summed E-state index contributed by atoms with van der Waals surface area (Å²) in [5.41, 5.74) is 4.42. The van der Waals surface area contributed by atoms with Gasteiger partial charge in [-0.1, -0.05) is 36.4 Å². The van der Waals surface area contributed by atoms with E-state index in [-0.39, 0.29) is 0 Å². The minimum absolute atomic E-state index is 0.407. The fourth-order valence-corrected chi connectivity index (χ4v) is 2.03. The van der Waals surface area contributed by atoms with E-state index in [4.69, 9.17) is 10.00 Å². The summed E-state index contributed by atoms with van der Waals surface area (Å²) >= 11 is 0. The highest BCUT2D eigenvalue weighted by Crippen LogP contribution is 2.32. The quantitative estimate of drug-likeness (QED) is 0.814. The van der Waals surface area contributed by atoms with E-state index in [1.807, 2.05) is 30.3 Å². The third-order valence-corrected chi connectivity index (χ3v) is 2.98. The van der Waals surface area contributed by atoms with Crippen LogP contribution in [0.1, 0.15) is 11.1 Å². The molecule has 0 aromatic heterocycles. The highest BCUT2D eigenvalue weighted by molar-refractivity contribution is 5.73. The number of aryl methyl sites for hydroxylation is 1. The van der Waals surface area contributed by atoms with Gasteiger partial charge in [-0.15, -0.1) is 0 Å². The summed E-state index contributed by atoms with van der Waals surface area (Å²) in [4.78, 5) is 0. The second-order valence-electron chi connectivity index (χ2n) is 4.18. The fraction of sp³-hybridized carbons (Fsp3) is 0.188. The zero-order chi connectivity index (χ0) is 13.0. The molecule has 0 aliphatic heterocycles. The largest absolute Gasteiger partial charge is 0.496 e. The maximum absolute atomic E-state index is 8.72. The molecule has 0 bridgehead atoms. The Labute approximate surface area is 107 Å². The van der Waals surface area contributed by atoms with Crippen LogP contribution in [0.2, 0.25) is 0 Å². The minimum atomic E-state index is 0.407. The summed E-state index contributed by atoms with van der Waals surface area (Å²) in [7, 11) is 1.66. The van der Waals surface area contributed by atoms with Crippen molar-refractivity contribution in [3.63, 3.8) is 0 Å². The molecule has 0 saturated heterocycles. The highest BCUT2D eigenvalue weighted by Gasteiger charge is 2.08. The van der Waals surface area contributed by atoms with Gasteiger partial charge in [0.1, 0.15) is 5.75 Å². The monoisotopic (exact) mass is 237 g/mol. The van der Waals surface area contributed by atoms with Crippen molar-refractivity contribution < 1.29 is 4.74 Å². The van der Waals surface area contributed by atoms with E-state index in [2.05, 4.69) is 25.1 Å². The highest BCUT2D eigenvalue weighted by atomic mass is 16.5. The van der Waals surface area contributed by atoms with Crippen LogP contribution in [0, 0.1) is 18.3 Å². The Hall–Kier alpha value is -2.27. The molecule has 0 aliphatic carbocycles. The van der Waals surface area contributed by atoms with Crippen LogP contribution in [-0.4, -0.2) is 7.11 Å². The van der Waals surface area contributed by atoms with E-state index in [0.29, 0.717) is 6.42 Å². The van der Waals surface area contributed by atoms with Crippen molar-refractivity contribution in [3.8, 4) is 22.9 Å². The molecule has 18 heavy (non-hydrogen) atoms. The Morgan fingerprint density at radius 1 is 1.11 bits per heavy atom. The molecule has 0 aliphatic rings. The Morgan fingerprint density at radius 3 is 2.56 bits per heavy atom. The molecule has 0 spiro atoms. The zero-order valence-corrected chi connectivity index (χ0v) is 10.6. The number of hydrogen-bond donors (Lipinski definition) is 0. The van der Waals surface area contributed by atoms with E-state index < -0.39 is 0 Å². The summed E-state index contributed by atoms with van der Waals surface area (Å²) in [6.07, 6.45) is 0.407. The zero-order valence-electron chi connectivity index (χ0n) is 10.6. The van der Waals surface area contributed by atoms with E-state index in [0.717, 1.165) is 22.4 Å². The van der Waals surface area contributed by atoms with Crippen molar-refractivity contribution >= 4 is 0 Å². The number of methoxy groups -OCH3 is 1. The average molecular weight is 237 g/mol. The average Bonchev–Trinajstić information content (AvgIpc) is 2.40. The lowest BCUT2D eigenvalue weighted by molar-refractivity contribution is 0.416. The summed E-state index contributed by atoms with van der Waals surface area (Å²) in [5.74, 6) is 0.817. The molecule has 2 nitrogen and oxygen atoms in total. The molecule has 0 atom stereocenters. The SMILES string of the molecule is COc1cc(CC#N)ccc1-c1ccccc1C. The molecule has 2 aromatic carbocycles. The second kappa shape index (κ2) is 5.37. The number of hydrogen-bond acceptors (Lipinski definition) is 2. The van der Waals surface area contributed by atoms with Gasteiger partial charge in [0.2, 0.25) is 0 Å². The first-order valence-corrected chi connectivity index (χ1v) is 5.86. The summed E-state index contributed by atoms with van der Waals surface area (Å²) in [6, 6.07) is 16.3. The minimum Gasteiger partial charge on any atom is -0.496 e. The number of nitrogens with zero attached hydrogens (tertiary/aromatic N) is 1. The van der Waals surface area contributed by atoms with Gasteiger partial charge in [0.05, 0.1) is 19.6 Å². The van der Waals surface area contributed by atoms with Crippen LogP contribution in [0.5, 0.6) is 5.75 Å². The van der Waals surface area contributed by atoms with Gasteiger partial charge in [-0.3, -0.25) is 0 Å². The molecule has 2 heteroatoms. The molecular weight excluding hydrogens is 222 g/mol. The Kier molecular flexibility index (Phi) is 3.64. The van der Waals surface area contributed by atoms with Crippen LogP contribution in [0.4, 0.5) is 0 Å². The third-order valence-electron chi connectivity index (χ3n) is 2.98. The van der Waals surface area contributed by atoms with Crippen molar-refractivity contribution in [2.75, 3.05) is 7.11 Å². The molecule has 0 radical (unpaired) electrons. The number of rotatable bonds is 3. The molecule has 0 fully saturated rings. The summed E-state index contributed by atoms with van der Waals surface area (Å²) in [5, 5.41) is 8.72. The summed E-state index contributed by atoms with van der Waals surface area (Å²) in [6.45, 7) is 2.08. The lowest BCUT2D eigenvalue weighted by Gasteiger charge is -2.12. The van der Waals surface area contributed by atoms with Gasteiger partial charge in [-0.2, -0.15) is 5.26 Å². The van der Waals surface area contributed by atoms with Crippen molar-refractivity contribution in [3.05, 3.63) is 53.6 Å². The summed E-state index contributed by atoms with van der Waals surface area (Å²) < 4.78 is 5.43. The predicted octanol–water partition coefficient (Wildman–Crippen LogP) is 3.74. The first-order valence-electron chi connectivity index (χ1n) is 5.86. The van der Waals surface area contributed by atoms with E-state index in [1.165, 1.54) is 5.56 Å². The predicted molar refractivity (Wildman–Crippen MR) is 72.5 cm³/mol. The normalized spacial score (nSPS) is 9.83. The first kappa shape index (κ1) is 12.2. The van der Waals surface area contributed by atoms with Gasteiger partial charge in [0.15, 0.2) is 0 Å². The van der Waals surface area contributed by atoms with Gasteiger partial charge >= 0.3 is 0 Å². The van der Waals surface area contributed by atoms with Crippen molar-refractivity contribution in [2.24, 2.45) is 0 Å². The van der Waals surface area contributed by atoms with Crippen LogP contribution < -0.4 is 4.74 Å². The van der Waals surface area contributed by atoms with Gasteiger partial charge in [0.25, 0.3) is 0 Å². The number of benzene rings is 2. The lowest BCUT2D eigenvalue weighted by Crippen LogP contribution is -1.92. The molecule has 90 valence electrons. The Morgan fingerprint density at radius 2 is 1.89 bits per heavy atom. The van der Waals surface area contributed by atoms with Crippen LogP contribution >= 0.6 is 0 Å². The Balaban J connectivity index is 2.52. The van der Waals surface area contributed by atoms with Crippen LogP contribution in [-0.2, 0) is 6.42 Å². The number of nitriles is 1. The van der Waals surface area contributed by atoms with Crippen molar-refractivity contribution in [2.45, 2.75) is 13.3 Å². The molecule has 0 N–H and O–H groups in total. The fourth-order valence-electron chi connectivity index (χ4n) is 2.03. The molecule has 0 unspecified atom stereocenters. The first-order chi connectivity index (χ1) is 8.76. The molecule has 0 saturated carbocycles. The molecule has 0 amide bonds. The molecule has 2 rings (SSSR count). The van der Waals surface area contributed by atoms with E-state index in [1.54, 1.807) is 7.11 Å². The third kappa shape index (κ3) is 2.36.